The smallest absolute Gasteiger partial charge is 0.262 e. The third-order valence-electron chi connectivity index (χ3n) is 3.36. The van der Waals surface area contributed by atoms with Crippen molar-refractivity contribution in [2.24, 2.45) is 0 Å². The van der Waals surface area contributed by atoms with E-state index < -0.39 is 5.91 Å². The fraction of sp³-hybridized carbons (Fsp3) is 0.111. The summed E-state index contributed by atoms with van der Waals surface area (Å²) in [4.78, 5) is 12.3. The van der Waals surface area contributed by atoms with Gasteiger partial charge >= 0.3 is 0 Å². The molecule has 0 spiro atoms. The van der Waals surface area contributed by atoms with E-state index in [0.717, 1.165) is 5.56 Å². The van der Waals surface area contributed by atoms with Gasteiger partial charge in [-0.1, -0.05) is 30.3 Å². The lowest BCUT2D eigenvalue weighted by Crippen LogP contribution is -2.27. The molecule has 0 bridgehead atoms. The molecule has 0 aliphatic rings. The monoisotopic (exact) mass is 544 g/mol. The van der Waals surface area contributed by atoms with Gasteiger partial charge < -0.3 is 10.4 Å². The van der Waals surface area contributed by atoms with Crippen LogP contribution in [0.15, 0.2) is 48.0 Å². The summed E-state index contributed by atoms with van der Waals surface area (Å²) in [6.07, 6.45) is 1.52. The average molecular weight is 544 g/mol. The Kier molecular flexibility index (Phi) is 6.62. The van der Waals surface area contributed by atoms with E-state index in [1.807, 2.05) is 88.5 Å². The zero-order valence-corrected chi connectivity index (χ0v) is 17.1. The second-order valence-corrected chi connectivity index (χ2v) is 7.43. The molecule has 1 amide bonds. The molecule has 1 atom stereocenters. The number of hydrogen-bond donors (Lipinski definition) is 2. The van der Waals surface area contributed by atoms with Crippen molar-refractivity contribution in [1.29, 1.82) is 5.26 Å². The summed E-state index contributed by atoms with van der Waals surface area (Å²) in [6, 6.07) is 14.8. The molecule has 0 aliphatic heterocycles. The van der Waals surface area contributed by atoms with Crippen LogP contribution in [-0.2, 0) is 4.79 Å². The number of halogens is 2. The van der Waals surface area contributed by atoms with Crippen LogP contribution >= 0.6 is 45.2 Å². The van der Waals surface area contributed by atoms with Crippen molar-refractivity contribution in [3.8, 4) is 11.8 Å². The van der Waals surface area contributed by atoms with Crippen LogP contribution in [0.25, 0.3) is 6.08 Å². The summed E-state index contributed by atoms with van der Waals surface area (Å²) in [5.41, 5.74) is 1.69. The second-order valence-electron chi connectivity index (χ2n) is 5.11. The summed E-state index contributed by atoms with van der Waals surface area (Å²) in [5, 5.41) is 21.9. The third kappa shape index (κ3) is 4.70. The third-order valence-corrected chi connectivity index (χ3v) is 5.01. The van der Waals surface area contributed by atoms with Crippen LogP contribution in [0.1, 0.15) is 24.1 Å². The topological polar surface area (TPSA) is 73.1 Å². The predicted molar refractivity (Wildman–Crippen MR) is 110 cm³/mol. The van der Waals surface area contributed by atoms with E-state index in [4.69, 9.17) is 0 Å². The quantitative estimate of drug-likeness (QED) is 0.341. The molecule has 0 aliphatic carbocycles. The number of nitrogens with one attached hydrogen (secondary N) is 1. The molecule has 0 saturated carbocycles. The fourth-order valence-electron chi connectivity index (χ4n) is 2.08. The van der Waals surface area contributed by atoms with Crippen LogP contribution in [-0.4, -0.2) is 11.0 Å². The average Bonchev–Trinajstić information content (AvgIpc) is 2.58. The lowest BCUT2D eigenvalue weighted by Gasteiger charge is -2.13. The van der Waals surface area contributed by atoms with E-state index in [-0.39, 0.29) is 17.4 Å². The number of amides is 1. The minimum Gasteiger partial charge on any atom is -0.506 e. The van der Waals surface area contributed by atoms with Crippen molar-refractivity contribution in [3.63, 3.8) is 0 Å². The van der Waals surface area contributed by atoms with Crippen molar-refractivity contribution < 1.29 is 9.90 Å². The molecule has 24 heavy (non-hydrogen) atoms. The van der Waals surface area contributed by atoms with Gasteiger partial charge in [0.05, 0.1) is 13.2 Å². The van der Waals surface area contributed by atoms with E-state index in [9.17, 15) is 15.2 Å². The Hall–Kier alpha value is -1.60. The van der Waals surface area contributed by atoms with Crippen molar-refractivity contribution in [2.75, 3.05) is 0 Å². The van der Waals surface area contributed by atoms with Crippen LogP contribution < -0.4 is 5.32 Å². The number of benzene rings is 2. The Balaban J connectivity index is 2.22. The SMILES string of the molecule is C[C@@H](NC(=O)/C(C#N)=C/c1cc(I)c(O)c(I)c1)c1ccccc1. The molecule has 122 valence electrons. The van der Waals surface area contributed by atoms with E-state index >= 15 is 0 Å². The molecule has 2 N–H and O–H groups in total. The highest BCUT2D eigenvalue weighted by molar-refractivity contribution is 14.1. The number of carbonyl (C=O) groups is 1. The molecule has 6 heteroatoms. The van der Waals surface area contributed by atoms with Gasteiger partial charge in [-0.2, -0.15) is 5.26 Å². The Morgan fingerprint density at radius 1 is 1.25 bits per heavy atom. The van der Waals surface area contributed by atoms with E-state index in [0.29, 0.717) is 12.7 Å². The highest BCUT2D eigenvalue weighted by Gasteiger charge is 2.14. The van der Waals surface area contributed by atoms with Crippen LogP contribution in [0.2, 0.25) is 0 Å². The predicted octanol–water partition coefficient (Wildman–Crippen LogP) is 4.39. The number of carbonyl (C=O) groups excluding carboxylic acids is 1. The minimum absolute atomic E-state index is 0.0232. The van der Waals surface area contributed by atoms with Gasteiger partial charge in [0.15, 0.2) is 0 Å². The van der Waals surface area contributed by atoms with Crippen LogP contribution in [0.3, 0.4) is 0 Å². The Bertz CT molecular complexity index is 804. The lowest BCUT2D eigenvalue weighted by atomic mass is 10.1. The number of hydrogen-bond acceptors (Lipinski definition) is 3. The van der Waals surface area contributed by atoms with E-state index in [2.05, 4.69) is 5.32 Å². The van der Waals surface area contributed by atoms with Crippen molar-refractivity contribution >= 4 is 57.2 Å². The summed E-state index contributed by atoms with van der Waals surface area (Å²) in [6.45, 7) is 1.87. The van der Waals surface area contributed by atoms with Gasteiger partial charge in [0.2, 0.25) is 0 Å². The lowest BCUT2D eigenvalue weighted by molar-refractivity contribution is -0.117. The van der Waals surface area contributed by atoms with Gasteiger partial charge in [-0.15, -0.1) is 0 Å². The molecule has 0 aromatic heterocycles. The van der Waals surface area contributed by atoms with Crippen molar-refractivity contribution in [2.45, 2.75) is 13.0 Å². The molecular formula is C18H14I2N2O2. The molecule has 2 rings (SSSR count). The zero-order valence-electron chi connectivity index (χ0n) is 12.8. The fourth-order valence-corrected chi connectivity index (χ4v) is 3.90. The molecule has 2 aromatic rings. The van der Waals surface area contributed by atoms with Crippen LogP contribution in [0.4, 0.5) is 0 Å². The summed E-state index contributed by atoms with van der Waals surface area (Å²) >= 11 is 4.02. The van der Waals surface area contributed by atoms with Gasteiger partial charge in [0.1, 0.15) is 17.4 Å². The minimum atomic E-state index is -0.424. The number of phenols is 1. The maximum absolute atomic E-state index is 12.3. The Morgan fingerprint density at radius 3 is 2.38 bits per heavy atom. The molecular weight excluding hydrogens is 530 g/mol. The summed E-state index contributed by atoms with van der Waals surface area (Å²) in [5.74, 6) is -0.221. The highest BCUT2D eigenvalue weighted by atomic mass is 127. The number of nitriles is 1. The van der Waals surface area contributed by atoms with Gasteiger partial charge in [0.25, 0.3) is 5.91 Å². The second kappa shape index (κ2) is 8.48. The standard InChI is InChI=1S/C18H14I2N2O2/c1-11(13-5-3-2-4-6-13)22-18(24)14(10-21)7-12-8-15(19)17(23)16(20)9-12/h2-9,11,23H,1H3,(H,22,24)/b14-7+/t11-/m1/s1. The van der Waals surface area contributed by atoms with Crippen molar-refractivity contribution in [3.05, 3.63) is 66.3 Å². The molecule has 0 radical (unpaired) electrons. The maximum Gasteiger partial charge on any atom is 0.262 e. The molecule has 0 heterocycles. The first-order chi connectivity index (χ1) is 11.4. The molecule has 0 fully saturated rings. The van der Waals surface area contributed by atoms with Gasteiger partial charge in [-0.3, -0.25) is 4.79 Å². The normalized spacial score (nSPS) is 12.3. The van der Waals surface area contributed by atoms with Gasteiger partial charge in [-0.05, 0) is 81.4 Å². The van der Waals surface area contributed by atoms with Crippen LogP contribution in [0.5, 0.6) is 5.75 Å². The largest absolute Gasteiger partial charge is 0.506 e. The highest BCUT2D eigenvalue weighted by Crippen LogP contribution is 2.28. The van der Waals surface area contributed by atoms with Crippen molar-refractivity contribution in [1.82, 2.24) is 5.32 Å². The van der Waals surface area contributed by atoms with Gasteiger partial charge in [-0.25, -0.2) is 0 Å². The van der Waals surface area contributed by atoms with Crippen LogP contribution in [0, 0.1) is 18.5 Å². The summed E-state index contributed by atoms with van der Waals surface area (Å²) in [7, 11) is 0. The van der Waals surface area contributed by atoms with Gasteiger partial charge in [0, 0.05) is 0 Å². The summed E-state index contributed by atoms with van der Waals surface area (Å²) < 4.78 is 1.34. The molecule has 0 unspecified atom stereocenters. The molecule has 4 nitrogen and oxygen atoms in total. The first kappa shape index (κ1) is 18.7. The Labute approximate surface area is 167 Å². The number of aromatic hydroxyl groups is 1. The first-order valence-electron chi connectivity index (χ1n) is 7.08. The molecule has 2 aromatic carbocycles. The Morgan fingerprint density at radius 2 is 1.83 bits per heavy atom. The first-order valence-corrected chi connectivity index (χ1v) is 9.23. The number of phenolic OH excluding ortho intramolecular Hbond substituents is 1. The zero-order chi connectivity index (χ0) is 17.7. The maximum atomic E-state index is 12.3. The number of nitrogens with zero attached hydrogens (tertiary/aromatic N) is 1. The van der Waals surface area contributed by atoms with E-state index in [1.165, 1.54) is 6.08 Å². The number of rotatable bonds is 4. The van der Waals surface area contributed by atoms with E-state index in [1.54, 1.807) is 12.1 Å². The molecule has 0 saturated heterocycles.